The second-order valence-electron chi connectivity index (χ2n) is 4.99. The molecule has 18 heavy (non-hydrogen) atoms. The van der Waals surface area contributed by atoms with Crippen LogP contribution in [0.25, 0.3) is 0 Å². The Morgan fingerprint density at radius 2 is 2.11 bits per heavy atom. The van der Waals surface area contributed by atoms with Crippen LogP contribution in [0.5, 0.6) is 0 Å². The first-order valence-corrected chi connectivity index (χ1v) is 6.89. The van der Waals surface area contributed by atoms with Crippen molar-refractivity contribution in [2.45, 2.75) is 27.2 Å². The molecule has 5 nitrogen and oxygen atoms in total. The third kappa shape index (κ3) is 4.78. The molecule has 0 saturated carbocycles. The fourth-order valence-corrected chi connectivity index (χ4v) is 1.52. The van der Waals surface area contributed by atoms with Gasteiger partial charge in [-0.1, -0.05) is 20.8 Å². The molecule has 0 fully saturated rings. The zero-order valence-corrected chi connectivity index (χ0v) is 12.7. The molecule has 0 spiro atoms. The van der Waals surface area contributed by atoms with Gasteiger partial charge in [-0.3, -0.25) is 0 Å². The third-order valence-corrected chi connectivity index (χ3v) is 3.02. The van der Waals surface area contributed by atoms with Gasteiger partial charge in [0.05, 0.1) is 4.47 Å². The standard InChI is InChI=1S/C12H21BrN4O/c1-4-5-14-11-15-6-9(13)10(17-11)16-7-12(2,3)8-18/h6,18H,4-5,7-8H2,1-3H3,(H2,14,15,16,17). The van der Waals surface area contributed by atoms with E-state index in [2.05, 4.69) is 43.5 Å². The van der Waals surface area contributed by atoms with Gasteiger partial charge in [0.1, 0.15) is 5.82 Å². The van der Waals surface area contributed by atoms with Gasteiger partial charge in [0, 0.05) is 31.3 Å². The normalized spacial score (nSPS) is 11.4. The summed E-state index contributed by atoms with van der Waals surface area (Å²) in [5, 5.41) is 15.6. The minimum atomic E-state index is -0.179. The van der Waals surface area contributed by atoms with Crippen LogP contribution in [0.4, 0.5) is 11.8 Å². The molecule has 0 radical (unpaired) electrons. The zero-order chi connectivity index (χ0) is 13.6. The minimum absolute atomic E-state index is 0.129. The van der Waals surface area contributed by atoms with Gasteiger partial charge in [-0.05, 0) is 22.4 Å². The van der Waals surface area contributed by atoms with Gasteiger partial charge >= 0.3 is 0 Å². The van der Waals surface area contributed by atoms with Gasteiger partial charge in [0.15, 0.2) is 0 Å². The molecule has 6 heteroatoms. The lowest BCUT2D eigenvalue weighted by Crippen LogP contribution is -2.27. The lowest BCUT2D eigenvalue weighted by atomic mass is 9.95. The van der Waals surface area contributed by atoms with Crippen LogP contribution < -0.4 is 10.6 Å². The summed E-state index contributed by atoms with van der Waals surface area (Å²) in [7, 11) is 0. The Kier molecular flexibility index (Phi) is 5.81. The van der Waals surface area contributed by atoms with Crippen LogP contribution in [-0.2, 0) is 0 Å². The average molecular weight is 317 g/mol. The van der Waals surface area contributed by atoms with Crippen molar-refractivity contribution < 1.29 is 5.11 Å². The number of hydrogen-bond acceptors (Lipinski definition) is 5. The molecule has 1 heterocycles. The van der Waals surface area contributed by atoms with E-state index in [9.17, 15) is 5.11 Å². The highest BCUT2D eigenvalue weighted by atomic mass is 79.9. The molecule has 1 aromatic rings. The van der Waals surface area contributed by atoms with E-state index in [-0.39, 0.29) is 12.0 Å². The highest BCUT2D eigenvalue weighted by Gasteiger charge is 2.17. The van der Waals surface area contributed by atoms with Crippen LogP contribution in [0.15, 0.2) is 10.7 Å². The number of nitrogens with one attached hydrogen (secondary N) is 2. The van der Waals surface area contributed by atoms with Gasteiger partial charge in [0.2, 0.25) is 5.95 Å². The number of hydrogen-bond donors (Lipinski definition) is 3. The van der Waals surface area contributed by atoms with Crippen molar-refractivity contribution in [2.75, 3.05) is 30.3 Å². The van der Waals surface area contributed by atoms with E-state index in [0.29, 0.717) is 12.5 Å². The Morgan fingerprint density at radius 3 is 2.72 bits per heavy atom. The molecule has 0 bridgehead atoms. The molecule has 0 aliphatic rings. The monoisotopic (exact) mass is 316 g/mol. The molecule has 1 aromatic heterocycles. The molecule has 0 atom stereocenters. The Labute approximate surface area is 117 Å². The smallest absolute Gasteiger partial charge is 0.224 e. The maximum atomic E-state index is 9.22. The lowest BCUT2D eigenvalue weighted by molar-refractivity contribution is 0.170. The third-order valence-electron chi connectivity index (χ3n) is 2.44. The van der Waals surface area contributed by atoms with E-state index in [0.717, 1.165) is 23.3 Å². The summed E-state index contributed by atoms with van der Waals surface area (Å²) in [4.78, 5) is 8.57. The first-order valence-electron chi connectivity index (χ1n) is 6.09. The molecular weight excluding hydrogens is 296 g/mol. The second kappa shape index (κ2) is 6.89. The summed E-state index contributed by atoms with van der Waals surface area (Å²) in [5.74, 6) is 1.36. The van der Waals surface area contributed by atoms with E-state index >= 15 is 0 Å². The van der Waals surface area contributed by atoms with Crippen LogP contribution in [0, 0.1) is 5.41 Å². The summed E-state index contributed by atoms with van der Waals surface area (Å²) >= 11 is 3.41. The molecule has 3 N–H and O–H groups in total. The number of nitrogens with zero attached hydrogens (tertiary/aromatic N) is 2. The summed E-state index contributed by atoms with van der Waals surface area (Å²) < 4.78 is 0.818. The molecule has 0 amide bonds. The topological polar surface area (TPSA) is 70.1 Å². The fraction of sp³-hybridized carbons (Fsp3) is 0.667. The predicted molar refractivity (Wildman–Crippen MR) is 77.9 cm³/mol. The van der Waals surface area contributed by atoms with Gasteiger partial charge in [0.25, 0.3) is 0 Å². The van der Waals surface area contributed by atoms with Crippen molar-refractivity contribution in [3.05, 3.63) is 10.7 Å². The van der Waals surface area contributed by atoms with E-state index in [4.69, 9.17) is 0 Å². The molecule has 0 aliphatic heterocycles. The number of aliphatic hydroxyl groups excluding tert-OH is 1. The predicted octanol–water partition coefficient (Wildman–Crippen LogP) is 2.49. The van der Waals surface area contributed by atoms with Gasteiger partial charge in [-0.15, -0.1) is 0 Å². The fourth-order valence-electron chi connectivity index (χ4n) is 1.19. The van der Waals surface area contributed by atoms with Crippen LogP contribution in [0.1, 0.15) is 27.2 Å². The van der Waals surface area contributed by atoms with Crippen molar-refractivity contribution in [3.8, 4) is 0 Å². The van der Waals surface area contributed by atoms with E-state index in [1.54, 1.807) is 6.20 Å². The summed E-state index contributed by atoms with van der Waals surface area (Å²) in [6.07, 6.45) is 2.75. The first kappa shape index (κ1) is 15.2. The van der Waals surface area contributed by atoms with E-state index in [1.807, 2.05) is 13.8 Å². The SMILES string of the molecule is CCCNc1ncc(Br)c(NCC(C)(C)CO)n1. The first-order chi connectivity index (χ1) is 8.48. The van der Waals surface area contributed by atoms with Gasteiger partial charge in [-0.2, -0.15) is 4.98 Å². The molecule has 0 aliphatic carbocycles. The lowest BCUT2D eigenvalue weighted by Gasteiger charge is -2.22. The molecular formula is C12H21BrN4O. The van der Waals surface area contributed by atoms with Crippen LogP contribution in [0.2, 0.25) is 0 Å². The molecule has 0 saturated heterocycles. The zero-order valence-electron chi connectivity index (χ0n) is 11.1. The number of aliphatic hydroxyl groups is 1. The summed E-state index contributed by atoms with van der Waals surface area (Å²) in [5.41, 5.74) is -0.179. The number of aromatic nitrogens is 2. The Bertz CT molecular complexity index is 384. The Balaban J connectivity index is 2.69. The van der Waals surface area contributed by atoms with Crippen LogP contribution >= 0.6 is 15.9 Å². The summed E-state index contributed by atoms with van der Waals surface area (Å²) in [6.45, 7) is 7.70. The van der Waals surface area contributed by atoms with Crippen molar-refractivity contribution in [3.63, 3.8) is 0 Å². The molecule has 0 aromatic carbocycles. The quantitative estimate of drug-likeness (QED) is 0.721. The minimum Gasteiger partial charge on any atom is -0.396 e. The maximum absolute atomic E-state index is 9.22. The Morgan fingerprint density at radius 1 is 1.39 bits per heavy atom. The summed E-state index contributed by atoms with van der Waals surface area (Å²) in [6, 6.07) is 0. The highest BCUT2D eigenvalue weighted by molar-refractivity contribution is 9.10. The number of anilines is 2. The van der Waals surface area contributed by atoms with Crippen molar-refractivity contribution in [1.82, 2.24) is 9.97 Å². The van der Waals surface area contributed by atoms with Crippen LogP contribution in [-0.4, -0.2) is 34.8 Å². The molecule has 0 unspecified atom stereocenters. The second-order valence-corrected chi connectivity index (χ2v) is 5.85. The van der Waals surface area contributed by atoms with E-state index in [1.165, 1.54) is 0 Å². The molecule has 1 rings (SSSR count). The molecule has 102 valence electrons. The van der Waals surface area contributed by atoms with Gasteiger partial charge < -0.3 is 15.7 Å². The maximum Gasteiger partial charge on any atom is 0.224 e. The number of halogens is 1. The highest BCUT2D eigenvalue weighted by Crippen LogP contribution is 2.22. The largest absolute Gasteiger partial charge is 0.396 e. The Hall–Kier alpha value is -0.880. The van der Waals surface area contributed by atoms with Crippen molar-refractivity contribution in [2.24, 2.45) is 5.41 Å². The van der Waals surface area contributed by atoms with Crippen molar-refractivity contribution >= 4 is 27.7 Å². The van der Waals surface area contributed by atoms with Gasteiger partial charge in [-0.25, -0.2) is 4.98 Å². The van der Waals surface area contributed by atoms with Crippen molar-refractivity contribution in [1.29, 1.82) is 0 Å². The average Bonchev–Trinajstić information content (AvgIpc) is 2.36. The van der Waals surface area contributed by atoms with Crippen LogP contribution in [0.3, 0.4) is 0 Å². The van der Waals surface area contributed by atoms with E-state index < -0.39 is 0 Å². The number of rotatable bonds is 7.